The van der Waals surface area contributed by atoms with Gasteiger partial charge in [-0.2, -0.15) is 0 Å². The normalized spacial score (nSPS) is 23.1. The van der Waals surface area contributed by atoms with Crippen LogP contribution < -0.4 is 5.32 Å². The van der Waals surface area contributed by atoms with Gasteiger partial charge in [0.15, 0.2) is 0 Å². The van der Waals surface area contributed by atoms with E-state index >= 15 is 0 Å². The maximum atomic E-state index is 8.98. The minimum atomic E-state index is 0.154. The molecule has 1 aromatic rings. The molecule has 1 heterocycles. The number of rotatable bonds is 3. The quantitative estimate of drug-likeness (QED) is 0.770. The number of aliphatic hydroxyl groups is 1. The second-order valence-corrected chi connectivity index (χ2v) is 3.99. The summed E-state index contributed by atoms with van der Waals surface area (Å²) in [5, 5.41) is 12.4. The van der Waals surface area contributed by atoms with E-state index in [1.54, 1.807) is 6.26 Å². The van der Waals surface area contributed by atoms with Gasteiger partial charge in [0.25, 0.3) is 0 Å². The Kier molecular flexibility index (Phi) is 2.89. The molecular weight excluding hydrogens is 178 g/mol. The van der Waals surface area contributed by atoms with Crippen molar-refractivity contribution in [1.29, 1.82) is 0 Å². The lowest BCUT2D eigenvalue weighted by Gasteiger charge is -2.25. The highest BCUT2D eigenvalue weighted by molar-refractivity contribution is 5.24. The molecule has 0 spiro atoms. The molecule has 1 aliphatic carbocycles. The lowest BCUT2D eigenvalue weighted by atomic mass is 9.93. The van der Waals surface area contributed by atoms with Crippen LogP contribution in [0.15, 0.2) is 16.7 Å². The number of aliphatic hydroxyl groups excluding tert-OH is 1. The first-order chi connectivity index (χ1) is 6.81. The average Bonchev–Trinajstić information content (AvgIpc) is 2.66. The minimum absolute atomic E-state index is 0.154. The molecule has 2 atom stereocenters. The van der Waals surface area contributed by atoms with Crippen LogP contribution in [0.2, 0.25) is 0 Å². The Bertz CT molecular complexity index is 295. The minimum Gasteiger partial charge on any atom is -0.469 e. The van der Waals surface area contributed by atoms with Gasteiger partial charge in [0.05, 0.1) is 12.9 Å². The predicted octanol–water partition coefficient (Wildman–Crippen LogP) is 1.63. The summed E-state index contributed by atoms with van der Waals surface area (Å²) in [5.41, 5.74) is 1.27. The van der Waals surface area contributed by atoms with Crippen molar-refractivity contribution in [3.8, 4) is 0 Å². The van der Waals surface area contributed by atoms with E-state index in [2.05, 4.69) is 5.32 Å². The molecule has 0 bridgehead atoms. The van der Waals surface area contributed by atoms with E-state index in [4.69, 9.17) is 9.52 Å². The van der Waals surface area contributed by atoms with Crippen molar-refractivity contribution in [2.45, 2.75) is 38.3 Å². The highest BCUT2D eigenvalue weighted by Crippen LogP contribution is 2.30. The number of hydrogen-bond acceptors (Lipinski definition) is 3. The number of hydrogen-bond donors (Lipinski definition) is 2. The van der Waals surface area contributed by atoms with E-state index in [9.17, 15) is 0 Å². The van der Waals surface area contributed by atoms with E-state index < -0.39 is 0 Å². The molecule has 0 aliphatic heterocycles. The van der Waals surface area contributed by atoms with E-state index in [-0.39, 0.29) is 12.6 Å². The van der Waals surface area contributed by atoms with E-state index in [1.807, 2.05) is 13.0 Å². The van der Waals surface area contributed by atoms with Crippen molar-refractivity contribution < 1.29 is 9.52 Å². The molecule has 0 amide bonds. The van der Waals surface area contributed by atoms with Crippen molar-refractivity contribution in [3.63, 3.8) is 0 Å². The van der Waals surface area contributed by atoms with Gasteiger partial charge in [-0.1, -0.05) is 0 Å². The van der Waals surface area contributed by atoms with Crippen LogP contribution in [0.5, 0.6) is 0 Å². The van der Waals surface area contributed by atoms with E-state index in [1.165, 1.54) is 5.56 Å². The van der Waals surface area contributed by atoms with Crippen LogP contribution in [0.3, 0.4) is 0 Å². The zero-order chi connectivity index (χ0) is 9.97. The fraction of sp³-hybridized carbons (Fsp3) is 0.636. The van der Waals surface area contributed by atoms with Crippen LogP contribution in [0.25, 0.3) is 0 Å². The number of nitrogens with one attached hydrogen (secondary N) is 1. The SMILES string of the molecule is C[C@@H](CO)NC1CCCc2occc21. The van der Waals surface area contributed by atoms with Gasteiger partial charge in [-0.25, -0.2) is 0 Å². The maximum absolute atomic E-state index is 8.98. The van der Waals surface area contributed by atoms with Gasteiger partial charge in [0, 0.05) is 24.1 Å². The predicted molar refractivity (Wildman–Crippen MR) is 54.1 cm³/mol. The van der Waals surface area contributed by atoms with Crippen molar-refractivity contribution >= 4 is 0 Å². The Labute approximate surface area is 84.1 Å². The standard InChI is InChI=1S/C11H17NO2/c1-8(7-13)12-10-3-2-4-11-9(10)5-6-14-11/h5-6,8,10,12-13H,2-4,7H2,1H3/t8-,10?/m0/s1. The zero-order valence-corrected chi connectivity index (χ0v) is 8.49. The van der Waals surface area contributed by atoms with Crippen molar-refractivity contribution in [2.75, 3.05) is 6.61 Å². The van der Waals surface area contributed by atoms with Crippen LogP contribution in [-0.2, 0) is 6.42 Å². The Hall–Kier alpha value is -0.800. The lowest BCUT2D eigenvalue weighted by Crippen LogP contribution is -2.34. The van der Waals surface area contributed by atoms with Crippen molar-refractivity contribution in [3.05, 3.63) is 23.7 Å². The molecule has 0 aromatic carbocycles. The van der Waals surface area contributed by atoms with Crippen molar-refractivity contribution in [2.24, 2.45) is 0 Å². The molecule has 3 nitrogen and oxygen atoms in total. The van der Waals surface area contributed by atoms with Crippen LogP contribution in [0.4, 0.5) is 0 Å². The highest BCUT2D eigenvalue weighted by atomic mass is 16.3. The molecule has 2 N–H and O–H groups in total. The maximum Gasteiger partial charge on any atom is 0.108 e. The third kappa shape index (κ3) is 1.83. The summed E-state index contributed by atoms with van der Waals surface area (Å²) in [4.78, 5) is 0. The summed E-state index contributed by atoms with van der Waals surface area (Å²) in [6, 6.07) is 2.55. The molecule has 14 heavy (non-hydrogen) atoms. The molecular formula is C11H17NO2. The van der Waals surface area contributed by atoms with Gasteiger partial charge in [0.2, 0.25) is 0 Å². The number of aryl methyl sites for hydroxylation is 1. The summed E-state index contributed by atoms with van der Waals surface area (Å²) in [6.45, 7) is 2.18. The zero-order valence-electron chi connectivity index (χ0n) is 8.49. The number of furan rings is 1. The van der Waals surface area contributed by atoms with Gasteiger partial charge in [-0.3, -0.25) is 0 Å². The van der Waals surface area contributed by atoms with Crippen LogP contribution >= 0.6 is 0 Å². The van der Waals surface area contributed by atoms with Crippen LogP contribution in [-0.4, -0.2) is 17.8 Å². The summed E-state index contributed by atoms with van der Waals surface area (Å²) >= 11 is 0. The van der Waals surface area contributed by atoms with Crippen LogP contribution in [0.1, 0.15) is 37.1 Å². The fourth-order valence-corrected chi connectivity index (χ4v) is 2.06. The Balaban J connectivity index is 2.08. The molecule has 1 aliphatic rings. The second-order valence-electron chi connectivity index (χ2n) is 3.99. The number of fused-ring (bicyclic) bond motifs is 1. The average molecular weight is 195 g/mol. The molecule has 0 saturated heterocycles. The summed E-state index contributed by atoms with van der Waals surface area (Å²) in [7, 11) is 0. The van der Waals surface area contributed by atoms with Gasteiger partial charge in [-0.15, -0.1) is 0 Å². The molecule has 0 radical (unpaired) electrons. The second kappa shape index (κ2) is 4.15. The first-order valence-electron chi connectivity index (χ1n) is 5.24. The highest BCUT2D eigenvalue weighted by Gasteiger charge is 2.23. The molecule has 0 saturated carbocycles. The first-order valence-corrected chi connectivity index (χ1v) is 5.24. The largest absolute Gasteiger partial charge is 0.469 e. The Morgan fingerprint density at radius 3 is 3.36 bits per heavy atom. The van der Waals surface area contributed by atoms with Gasteiger partial charge in [0.1, 0.15) is 5.76 Å². The topological polar surface area (TPSA) is 45.4 Å². The van der Waals surface area contributed by atoms with Crippen molar-refractivity contribution in [1.82, 2.24) is 5.32 Å². The fourth-order valence-electron chi connectivity index (χ4n) is 2.06. The van der Waals surface area contributed by atoms with E-state index in [0.717, 1.165) is 25.0 Å². The third-order valence-electron chi connectivity index (χ3n) is 2.81. The lowest BCUT2D eigenvalue weighted by molar-refractivity contribution is 0.235. The molecule has 78 valence electrons. The smallest absolute Gasteiger partial charge is 0.108 e. The molecule has 1 unspecified atom stereocenters. The third-order valence-corrected chi connectivity index (χ3v) is 2.81. The van der Waals surface area contributed by atoms with E-state index in [0.29, 0.717) is 6.04 Å². The monoisotopic (exact) mass is 195 g/mol. The molecule has 2 rings (SSSR count). The molecule has 3 heteroatoms. The van der Waals surface area contributed by atoms with Gasteiger partial charge >= 0.3 is 0 Å². The Morgan fingerprint density at radius 1 is 1.71 bits per heavy atom. The Morgan fingerprint density at radius 2 is 2.57 bits per heavy atom. The molecule has 0 fully saturated rings. The summed E-state index contributed by atoms with van der Waals surface area (Å²) < 4.78 is 5.40. The molecule has 1 aromatic heterocycles. The summed E-state index contributed by atoms with van der Waals surface area (Å²) in [5.74, 6) is 1.11. The van der Waals surface area contributed by atoms with Crippen LogP contribution in [0, 0.1) is 0 Å². The first kappa shape index (κ1) is 9.74. The van der Waals surface area contributed by atoms with Gasteiger partial charge in [-0.05, 0) is 25.8 Å². The summed E-state index contributed by atoms with van der Waals surface area (Å²) in [6.07, 6.45) is 5.11. The van der Waals surface area contributed by atoms with Gasteiger partial charge < -0.3 is 14.8 Å².